The third-order valence-corrected chi connectivity index (χ3v) is 3.21. The average Bonchev–Trinajstić information content (AvgIpc) is 2.41. The number of hydrogen-bond acceptors (Lipinski definition) is 3. The van der Waals surface area contributed by atoms with E-state index in [1.165, 1.54) is 4.90 Å². The lowest BCUT2D eigenvalue weighted by atomic mass is 10.1. The molecule has 7 heteroatoms. The average molecular weight is 280 g/mol. The van der Waals surface area contributed by atoms with Gasteiger partial charge in [0.05, 0.1) is 11.1 Å². The van der Waals surface area contributed by atoms with Crippen LogP contribution in [-0.4, -0.2) is 46.9 Å². The van der Waals surface area contributed by atoms with Crippen LogP contribution in [-0.2, 0) is 4.79 Å². The van der Waals surface area contributed by atoms with Crippen molar-refractivity contribution in [1.82, 2.24) is 10.2 Å². The van der Waals surface area contributed by atoms with Gasteiger partial charge in [0.2, 0.25) is 5.91 Å². The Morgan fingerprint density at radius 3 is 2.75 bits per heavy atom. The quantitative estimate of drug-likeness (QED) is 0.825. The van der Waals surface area contributed by atoms with Crippen molar-refractivity contribution in [3.63, 3.8) is 0 Å². The van der Waals surface area contributed by atoms with Crippen LogP contribution in [0, 0.1) is 5.82 Å². The van der Waals surface area contributed by atoms with Gasteiger partial charge in [-0.3, -0.25) is 9.59 Å². The maximum absolute atomic E-state index is 13.8. The molecule has 1 aromatic rings. The van der Waals surface area contributed by atoms with Gasteiger partial charge in [0, 0.05) is 13.1 Å². The zero-order chi connectivity index (χ0) is 14.9. The standard InChI is InChI=1S/C13H13FN2O4/c1-7-11(17)15-4-5-16(7)12(18)9-3-2-8(13(19)20)6-10(9)14/h2-3,6-7H,4-5H2,1H3,(H,15,17)(H,19,20). The highest BCUT2D eigenvalue weighted by molar-refractivity contribution is 5.99. The van der Waals surface area contributed by atoms with Gasteiger partial charge in [-0.15, -0.1) is 0 Å². The Hall–Kier alpha value is -2.44. The van der Waals surface area contributed by atoms with Gasteiger partial charge in [0.15, 0.2) is 0 Å². The highest BCUT2D eigenvalue weighted by atomic mass is 19.1. The van der Waals surface area contributed by atoms with Crippen molar-refractivity contribution >= 4 is 17.8 Å². The van der Waals surface area contributed by atoms with Crippen LogP contribution in [0.1, 0.15) is 27.6 Å². The highest BCUT2D eigenvalue weighted by Crippen LogP contribution is 2.16. The predicted molar refractivity (Wildman–Crippen MR) is 66.9 cm³/mol. The predicted octanol–water partition coefficient (Wildman–Crippen LogP) is 0.484. The molecule has 20 heavy (non-hydrogen) atoms. The van der Waals surface area contributed by atoms with Gasteiger partial charge in [0.25, 0.3) is 5.91 Å². The third kappa shape index (κ3) is 2.47. The van der Waals surface area contributed by atoms with Crippen LogP contribution in [0.4, 0.5) is 4.39 Å². The Kier molecular flexibility index (Phi) is 3.69. The van der Waals surface area contributed by atoms with Crippen LogP contribution in [0.2, 0.25) is 0 Å². The number of carbonyl (C=O) groups excluding carboxylic acids is 2. The molecular formula is C13H13FN2O4. The molecule has 2 N–H and O–H groups in total. The van der Waals surface area contributed by atoms with Crippen LogP contribution in [0.15, 0.2) is 18.2 Å². The van der Waals surface area contributed by atoms with Crippen molar-refractivity contribution in [3.8, 4) is 0 Å². The van der Waals surface area contributed by atoms with Gasteiger partial charge in [-0.1, -0.05) is 0 Å². The monoisotopic (exact) mass is 280 g/mol. The summed E-state index contributed by atoms with van der Waals surface area (Å²) in [4.78, 5) is 35.7. The van der Waals surface area contributed by atoms with E-state index in [1.54, 1.807) is 6.92 Å². The molecule has 1 aliphatic heterocycles. The van der Waals surface area contributed by atoms with Crippen LogP contribution in [0.5, 0.6) is 0 Å². The lowest BCUT2D eigenvalue weighted by molar-refractivity contribution is -0.127. The molecule has 1 aromatic carbocycles. The molecule has 106 valence electrons. The number of nitrogens with zero attached hydrogens (tertiary/aromatic N) is 1. The maximum Gasteiger partial charge on any atom is 0.335 e. The Labute approximate surface area is 114 Å². The maximum atomic E-state index is 13.8. The smallest absolute Gasteiger partial charge is 0.335 e. The molecule has 0 spiro atoms. The molecule has 1 saturated heterocycles. The summed E-state index contributed by atoms with van der Waals surface area (Å²) in [6, 6.07) is 2.40. The van der Waals surface area contributed by atoms with E-state index >= 15 is 0 Å². The van der Waals surface area contributed by atoms with Crippen molar-refractivity contribution in [3.05, 3.63) is 35.1 Å². The first-order valence-electron chi connectivity index (χ1n) is 6.03. The fourth-order valence-corrected chi connectivity index (χ4v) is 2.04. The van der Waals surface area contributed by atoms with Gasteiger partial charge < -0.3 is 15.3 Å². The first-order valence-corrected chi connectivity index (χ1v) is 6.03. The topological polar surface area (TPSA) is 86.7 Å². The summed E-state index contributed by atoms with van der Waals surface area (Å²) in [7, 11) is 0. The molecule has 0 saturated carbocycles. The number of hydrogen-bond donors (Lipinski definition) is 2. The lowest BCUT2D eigenvalue weighted by Crippen LogP contribution is -2.55. The van der Waals surface area contributed by atoms with Crippen LogP contribution in [0.3, 0.4) is 0 Å². The van der Waals surface area contributed by atoms with Crippen LogP contribution >= 0.6 is 0 Å². The van der Waals surface area contributed by atoms with Crippen molar-refractivity contribution in [2.75, 3.05) is 13.1 Å². The number of aromatic carboxylic acids is 1. The second-order valence-electron chi connectivity index (χ2n) is 4.47. The minimum absolute atomic E-state index is 0.233. The molecule has 1 fully saturated rings. The van der Waals surface area contributed by atoms with Crippen molar-refractivity contribution in [2.45, 2.75) is 13.0 Å². The number of carboxylic acid groups (broad SMARTS) is 1. The second kappa shape index (κ2) is 5.28. The number of amides is 2. The molecule has 0 radical (unpaired) electrons. The third-order valence-electron chi connectivity index (χ3n) is 3.21. The normalized spacial score (nSPS) is 18.6. The van der Waals surface area contributed by atoms with E-state index in [4.69, 9.17) is 5.11 Å². The van der Waals surface area contributed by atoms with E-state index in [0.29, 0.717) is 6.54 Å². The summed E-state index contributed by atoms with van der Waals surface area (Å²) in [5, 5.41) is 11.4. The molecule has 1 unspecified atom stereocenters. The van der Waals surface area contributed by atoms with Crippen molar-refractivity contribution in [1.29, 1.82) is 0 Å². The molecule has 0 bridgehead atoms. The molecule has 6 nitrogen and oxygen atoms in total. The van der Waals surface area contributed by atoms with Gasteiger partial charge in [0.1, 0.15) is 11.9 Å². The first kappa shape index (κ1) is 14.0. The summed E-state index contributed by atoms with van der Waals surface area (Å²) in [5.41, 5.74) is -0.472. The molecule has 2 rings (SSSR count). The number of rotatable bonds is 2. The molecule has 0 aromatic heterocycles. The number of benzene rings is 1. The minimum Gasteiger partial charge on any atom is -0.478 e. The van der Waals surface area contributed by atoms with E-state index in [2.05, 4.69) is 5.32 Å². The van der Waals surface area contributed by atoms with Gasteiger partial charge in [-0.05, 0) is 25.1 Å². The summed E-state index contributed by atoms with van der Waals surface area (Å²) in [5.74, 6) is -3.10. The van der Waals surface area contributed by atoms with Crippen molar-refractivity contribution < 1.29 is 23.9 Å². The number of piperazine rings is 1. The molecule has 1 atom stereocenters. The molecule has 1 aliphatic rings. The zero-order valence-corrected chi connectivity index (χ0v) is 10.7. The van der Waals surface area contributed by atoms with E-state index in [9.17, 15) is 18.8 Å². The Bertz CT molecular complexity index is 588. The second-order valence-corrected chi connectivity index (χ2v) is 4.47. The lowest BCUT2D eigenvalue weighted by Gasteiger charge is -2.32. The Morgan fingerprint density at radius 1 is 1.45 bits per heavy atom. The van der Waals surface area contributed by atoms with Crippen LogP contribution in [0.25, 0.3) is 0 Å². The number of carboxylic acids is 1. The molecule has 1 heterocycles. The van der Waals surface area contributed by atoms with Crippen molar-refractivity contribution in [2.24, 2.45) is 0 Å². The first-order chi connectivity index (χ1) is 9.41. The highest BCUT2D eigenvalue weighted by Gasteiger charge is 2.31. The molecule has 2 amide bonds. The fraction of sp³-hybridized carbons (Fsp3) is 0.308. The molecule has 0 aliphatic carbocycles. The largest absolute Gasteiger partial charge is 0.478 e. The minimum atomic E-state index is -1.27. The van der Waals surface area contributed by atoms with Gasteiger partial charge >= 0.3 is 5.97 Å². The van der Waals surface area contributed by atoms with E-state index in [1.807, 2.05) is 0 Å². The van der Waals surface area contributed by atoms with Gasteiger partial charge in [-0.2, -0.15) is 0 Å². The summed E-state index contributed by atoms with van der Waals surface area (Å²) in [6.45, 7) is 2.14. The van der Waals surface area contributed by atoms with Gasteiger partial charge in [-0.25, -0.2) is 9.18 Å². The number of halogens is 1. The Morgan fingerprint density at radius 2 is 2.15 bits per heavy atom. The van der Waals surface area contributed by atoms with E-state index in [-0.39, 0.29) is 23.6 Å². The summed E-state index contributed by atoms with van der Waals surface area (Å²) >= 11 is 0. The van der Waals surface area contributed by atoms with Crippen LogP contribution < -0.4 is 5.32 Å². The molecular weight excluding hydrogens is 267 g/mol. The fourth-order valence-electron chi connectivity index (χ4n) is 2.04. The van der Waals surface area contributed by atoms with E-state index < -0.39 is 23.7 Å². The Balaban J connectivity index is 2.29. The SMILES string of the molecule is CC1C(=O)NCCN1C(=O)c1ccc(C(=O)O)cc1F. The number of carbonyl (C=O) groups is 3. The van der Waals surface area contributed by atoms with E-state index in [0.717, 1.165) is 18.2 Å². The summed E-state index contributed by atoms with van der Waals surface area (Å²) in [6.07, 6.45) is 0. The zero-order valence-electron chi connectivity index (χ0n) is 10.7. The number of nitrogens with one attached hydrogen (secondary N) is 1. The summed E-state index contributed by atoms with van der Waals surface area (Å²) < 4.78 is 13.8.